The van der Waals surface area contributed by atoms with Crippen molar-refractivity contribution in [3.05, 3.63) is 0 Å². The van der Waals surface area contributed by atoms with Gasteiger partial charge in [0, 0.05) is 18.6 Å². The minimum atomic E-state index is -0.534. The fourth-order valence-electron chi connectivity index (χ4n) is 2.79. The molecule has 102 valence electrons. The second kappa shape index (κ2) is 6.72. The molecule has 3 nitrogen and oxygen atoms in total. The molecule has 2 N–H and O–H groups in total. The third-order valence-electron chi connectivity index (χ3n) is 4.16. The van der Waals surface area contributed by atoms with Crippen molar-refractivity contribution < 1.29 is 5.11 Å². The Hall–Kier alpha value is -0.120. The maximum Gasteiger partial charge on any atom is 0.0743 e. The smallest absolute Gasteiger partial charge is 0.0743 e. The lowest BCUT2D eigenvalue weighted by Gasteiger charge is -2.38. The largest absolute Gasteiger partial charge is 0.389 e. The topological polar surface area (TPSA) is 35.5 Å². The molecule has 0 spiro atoms. The molecule has 0 heterocycles. The number of aliphatic hydroxyl groups is 1. The Morgan fingerprint density at radius 2 is 1.82 bits per heavy atom. The van der Waals surface area contributed by atoms with Crippen LogP contribution in [0.25, 0.3) is 0 Å². The standard InChI is InChI=1S/C14H30N2O/c1-5-14(3,17)11-16(4)13-9-7-12(8-10-13)15-6-2/h12-13,15,17H,5-11H2,1-4H3. The van der Waals surface area contributed by atoms with Gasteiger partial charge in [0.1, 0.15) is 0 Å². The van der Waals surface area contributed by atoms with Gasteiger partial charge in [0.15, 0.2) is 0 Å². The highest BCUT2D eigenvalue weighted by Gasteiger charge is 2.27. The Morgan fingerprint density at radius 3 is 2.29 bits per heavy atom. The summed E-state index contributed by atoms with van der Waals surface area (Å²) in [5.41, 5.74) is -0.534. The highest BCUT2D eigenvalue weighted by Crippen LogP contribution is 2.24. The van der Waals surface area contributed by atoms with Crippen molar-refractivity contribution in [3.63, 3.8) is 0 Å². The molecule has 1 aliphatic carbocycles. The number of hydrogen-bond acceptors (Lipinski definition) is 3. The highest BCUT2D eigenvalue weighted by molar-refractivity contribution is 4.84. The van der Waals surface area contributed by atoms with Gasteiger partial charge < -0.3 is 15.3 Å². The predicted molar refractivity (Wildman–Crippen MR) is 73.3 cm³/mol. The van der Waals surface area contributed by atoms with Crippen LogP contribution < -0.4 is 5.32 Å². The average molecular weight is 242 g/mol. The Kier molecular flexibility index (Phi) is 5.90. The fourth-order valence-corrected chi connectivity index (χ4v) is 2.79. The van der Waals surface area contributed by atoms with Crippen LogP contribution in [0.1, 0.15) is 52.9 Å². The zero-order valence-corrected chi connectivity index (χ0v) is 12.0. The van der Waals surface area contributed by atoms with Gasteiger partial charge in [0.2, 0.25) is 0 Å². The van der Waals surface area contributed by atoms with Crippen molar-refractivity contribution in [2.75, 3.05) is 20.1 Å². The second-order valence-electron chi connectivity index (χ2n) is 5.83. The van der Waals surface area contributed by atoms with Crippen molar-refractivity contribution in [1.29, 1.82) is 0 Å². The molecule has 0 bridgehead atoms. The van der Waals surface area contributed by atoms with Gasteiger partial charge in [-0.05, 0) is 52.6 Å². The van der Waals surface area contributed by atoms with Gasteiger partial charge in [-0.1, -0.05) is 13.8 Å². The lowest BCUT2D eigenvalue weighted by molar-refractivity contribution is 0.00610. The summed E-state index contributed by atoms with van der Waals surface area (Å²) in [7, 11) is 2.16. The van der Waals surface area contributed by atoms with Crippen molar-refractivity contribution in [2.24, 2.45) is 0 Å². The molecule has 0 aromatic rings. The minimum Gasteiger partial charge on any atom is -0.389 e. The molecule has 17 heavy (non-hydrogen) atoms. The van der Waals surface area contributed by atoms with Gasteiger partial charge in [0.05, 0.1) is 5.60 Å². The summed E-state index contributed by atoms with van der Waals surface area (Å²) < 4.78 is 0. The molecular formula is C14H30N2O. The first-order valence-corrected chi connectivity index (χ1v) is 7.14. The molecule has 0 saturated heterocycles. The van der Waals surface area contributed by atoms with Crippen molar-refractivity contribution in [1.82, 2.24) is 10.2 Å². The van der Waals surface area contributed by atoms with E-state index in [1.54, 1.807) is 0 Å². The number of nitrogens with one attached hydrogen (secondary N) is 1. The molecule has 1 atom stereocenters. The normalized spacial score (nSPS) is 29.3. The summed E-state index contributed by atoms with van der Waals surface area (Å²) in [5.74, 6) is 0. The van der Waals surface area contributed by atoms with Gasteiger partial charge >= 0.3 is 0 Å². The van der Waals surface area contributed by atoms with E-state index in [1.807, 2.05) is 6.92 Å². The monoisotopic (exact) mass is 242 g/mol. The SMILES string of the molecule is CCNC1CCC(N(C)CC(C)(O)CC)CC1. The van der Waals surface area contributed by atoms with E-state index in [1.165, 1.54) is 25.7 Å². The van der Waals surface area contributed by atoms with Crippen LogP contribution in [0.3, 0.4) is 0 Å². The lowest BCUT2D eigenvalue weighted by Crippen LogP contribution is -2.46. The Labute approximate surface area is 107 Å². The fraction of sp³-hybridized carbons (Fsp3) is 1.00. The summed E-state index contributed by atoms with van der Waals surface area (Å²) in [4.78, 5) is 2.35. The van der Waals surface area contributed by atoms with Gasteiger partial charge in [-0.3, -0.25) is 0 Å². The molecule has 1 saturated carbocycles. The lowest BCUT2D eigenvalue weighted by atomic mass is 9.89. The van der Waals surface area contributed by atoms with Gasteiger partial charge in [0.25, 0.3) is 0 Å². The average Bonchev–Trinajstić information content (AvgIpc) is 2.30. The van der Waals surface area contributed by atoms with Gasteiger partial charge in [-0.2, -0.15) is 0 Å². The minimum absolute atomic E-state index is 0.534. The van der Waals surface area contributed by atoms with E-state index in [-0.39, 0.29) is 0 Å². The van der Waals surface area contributed by atoms with Gasteiger partial charge in [-0.15, -0.1) is 0 Å². The van der Waals surface area contributed by atoms with Crippen LogP contribution in [0.4, 0.5) is 0 Å². The first-order chi connectivity index (χ1) is 7.98. The number of likely N-dealkylation sites (N-methyl/N-ethyl adjacent to an activating group) is 1. The predicted octanol–water partition coefficient (Wildman–Crippen LogP) is 2.00. The van der Waals surface area contributed by atoms with Crippen molar-refractivity contribution in [3.8, 4) is 0 Å². The number of rotatable bonds is 6. The zero-order chi connectivity index (χ0) is 12.9. The molecule has 0 radical (unpaired) electrons. The van der Waals surface area contributed by atoms with E-state index < -0.39 is 5.60 Å². The first kappa shape index (κ1) is 14.9. The molecule has 0 aromatic carbocycles. The molecule has 1 rings (SSSR count). The molecule has 3 heteroatoms. The summed E-state index contributed by atoms with van der Waals surface area (Å²) in [5, 5.41) is 13.6. The van der Waals surface area contributed by atoms with E-state index >= 15 is 0 Å². The summed E-state index contributed by atoms with van der Waals surface area (Å²) in [6, 6.07) is 1.37. The molecule has 1 unspecified atom stereocenters. The van der Waals surface area contributed by atoms with Gasteiger partial charge in [-0.25, -0.2) is 0 Å². The number of nitrogens with zero attached hydrogens (tertiary/aromatic N) is 1. The summed E-state index contributed by atoms with van der Waals surface area (Å²) in [6.07, 6.45) is 5.89. The van der Waals surface area contributed by atoms with E-state index in [2.05, 4.69) is 31.1 Å². The van der Waals surface area contributed by atoms with Crippen LogP contribution in [0.5, 0.6) is 0 Å². The van der Waals surface area contributed by atoms with Crippen LogP contribution in [-0.4, -0.2) is 47.8 Å². The highest BCUT2D eigenvalue weighted by atomic mass is 16.3. The van der Waals surface area contributed by atoms with E-state index in [0.29, 0.717) is 6.04 Å². The zero-order valence-electron chi connectivity index (χ0n) is 12.0. The summed E-state index contributed by atoms with van der Waals surface area (Å²) in [6.45, 7) is 8.04. The van der Waals surface area contributed by atoms with Crippen LogP contribution >= 0.6 is 0 Å². The first-order valence-electron chi connectivity index (χ1n) is 7.14. The van der Waals surface area contributed by atoms with E-state index in [0.717, 1.165) is 25.6 Å². The quantitative estimate of drug-likeness (QED) is 0.748. The third-order valence-corrected chi connectivity index (χ3v) is 4.16. The van der Waals surface area contributed by atoms with Crippen molar-refractivity contribution >= 4 is 0 Å². The Balaban J connectivity index is 2.33. The third kappa shape index (κ3) is 4.94. The molecule has 0 aromatic heterocycles. The Morgan fingerprint density at radius 1 is 1.24 bits per heavy atom. The van der Waals surface area contributed by atoms with Crippen LogP contribution in [0.15, 0.2) is 0 Å². The van der Waals surface area contributed by atoms with Crippen LogP contribution in [-0.2, 0) is 0 Å². The molecule has 0 amide bonds. The molecule has 0 aliphatic heterocycles. The maximum atomic E-state index is 10.1. The molecule has 1 fully saturated rings. The van der Waals surface area contributed by atoms with Crippen LogP contribution in [0, 0.1) is 0 Å². The van der Waals surface area contributed by atoms with E-state index in [9.17, 15) is 5.11 Å². The summed E-state index contributed by atoms with van der Waals surface area (Å²) >= 11 is 0. The van der Waals surface area contributed by atoms with Crippen molar-refractivity contribution in [2.45, 2.75) is 70.6 Å². The van der Waals surface area contributed by atoms with E-state index in [4.69, 9.17) is 0 Å². The Bertz CT molecular complexity index is 210. The molecule has 1 aliphatic rings. The molecular weight excluding hydrogens is 212 g/mol. The number of hydrogen-bond donors (Lipinski definition) is 2. The maximum absolute atomic E-state index is 10.1. The second-order valence-corrected chi connectivity index (χ2v) is 5.83. The van der Waals surface area contributed by atoms with Crippen LogP contribution in [0.2, 0.25) is 0 Å².